The average Bonchev–Trinajstić information content (AvgIpc) is 3.03. The molecule has 0 bridgehead atoms. The maximum absolute atomic E-state index is 12.3. The summed E-state index contributed by atoms with van der Waals surface area (Å²) < 4.78 is 11.3. The highest BCUT2D eigenvalue weighted by Gasteiger charge is 2.25. The Morgan fingerprint density at radius 2 is 2.05 bits per heavy atom. The number of carbonyl (C=O) groups is 1. The van der Waals surface area contributed by atoms with Crippen molar-refractivity contribution in [2.45, 2.75) is 62.9 Å². The molecule has 0 aromatic carbocycles. The van der Waals surface area contributed by atoms with Crippen LogP contribution in [0.1, 0.15) is 45.4 Å². The minimum atomic E-state index is 0.143. The summed E-state index contributed by atoms with van der Waals surface area (Å²) in [5.41, 5.74) is 0. The Morgan fingerprint density at radius 1 is 1.24 bits per heavy atom. The van der Waals surface area contributed by atoms with Gasteiger partial charge in [-0.2, -0.15) is 11.8 Å². The molecule has 0 N–H and O–H groups in total. The van der Waals surface area contributed by atoms with Crippen molar-refractivity contribution in [1.29, 1.82) is 0 Å². The van der Waals surface area contributed by atoms with Gasteiger partial charge in [0.1, 0.15) is 6.61 Å². The first kappa shape index (κ1) is 17.1. The van der Waals surface area contributed by atoms with Crippen molar-refractivity contribution in [3.63, 3.8) is 0 Å². The van der Waals surface area contributed by atoms with E-state index in [-0.39, 0.29) is 18.6 Å². The molecule has 0 spiro atoms. The fraction of sp³-hybridized carbons (Fsp3) is 0.938. The van der Waals surface area contributed by atoms with E-state index in [2.05, 4.69) is 6.92 Å². The van der Waals surface area contributed by atoms with Gasteiger partial charge in [-0.1, -0.05) is 0 Å². The Morgan fingerprint density at radius 3 is 2.71 bits per heavy atom. The number of amides is 1. The van der Waals surface area contributed by atoms with Gasteiger partial charge in [0.25, 0.3) is 0 Å². The summed E-state index contributed by atoms with van der Waals surface area (Å²) in [7, 11) is 1.76. The number of hydrogen-bond acceptors (Lipinski definition) is 4. The minimum Gasteiger partial charge on any atom is -0.381 e. The van der Waals surface area contributed by atoms with E-state index in [1.54, 1.807) is 7.11 Å². The lowest BCUT2D eigenvalue weighted by Gasteiger charge is -2.29. The topological polar surface area (TPSA) is 38.8 Å². The summed E-state index contributed by atoms with van der Waals surface area (Å²) in [6.45, 7) is 3.95. The van der Waals surface area contributed by atoms with Crippen LogP contribution in [0.3, 0.4) is 0 Å². The molecule has 3 atom stereocenters. The molecule has 5 heteroatoms. The third-order valence-corrected chi connectivity index (χ3v) is 5.92. The minimum absolute atomic E-state index is 0.143. The normalized spacial score (nSPS) is 29.5. The van der Waals surface area contributed by atoms with Gasteiger partial charge < -0.3 is 14.4 Å². The van der Waals surface area contributed by atoms with Gasteiger partial charge in [-0.3, -0.25) is 4.79 Å². The van der Waals surface area contributed by atoms with Crippen LogP contribution in [0.5, 0.6) is 0 Å². The predicted molar refractivity (Wildman–Crippen MR) is 86.7 cm³/mol. The molecule has 1 amide bonds. The van der Waals surface area contributed by atoms with Crippen LogP contribution in [-0.2, 0) is 14.3 Å². The fourth-order valence-electron chi connectivity index (χ4n) is 3.19. The Kier molecular flexibility index (Phi) is 7.34. The zero-order chi connectivity index (χ0) is 15.1. The van der Waals surface area contributed by atoms with Gasteiger partial charge in [0.15, 0.2) is 0 Å². The molecule has 1 heterocycles. The second-order valence-corrected chi connectivity index (χ2v) is 7.43. The number of methoxy groups -OCH3 is 1. The third-order valence-electron chi connectivity index (χ3n) is 4.54. The van der Waals surface area contributed by atoms with Crippen molar-refractivity contribution >= 4 is 17.7 Å². The number of thioether (sulfide) groups is 1. The van der Waals surface area contributed by atoms with E-state index in [0.29, 0.717) is 11.4 Å². The zero-order valence-electron chi connectivity index (χ0n) is 13.4. The molecule has 4 nitrogen and oxygen atoms in total. The molecule has 2 rings (SSSR count). The quantitative estimate of drug-likeness (QED) is 0.724. The molecule has 0 aromatic rings. The summed E-state index contributed by atoms with van der Waals surface area (Å²) in [4.78, 5) is 14.3. The van der Waals surface area contributed by atoms with Gasteiger partial charge in [-0.25, -0.2) is 0 Å². The molecule has 1 saturated carbocycles. The van der Waals surface area contributed by atoms with E-state index in [1.165, 1.54) is 18.6 Å². The van der Waals surface area contributed by atoms with Gasteiger partial charge in [0.05, 0.1) is 12.2 Å². The molecule has 1 saturated heterocycles. The average molecular weight is 315 g/mol. The zero-order valence-corrected chi connectivity index (χ0v) is 14.2. The van der Waals surface area contributed by atoms with E-state index in [0.717, 1.165) is 38.8 Å². The first-order chi connectivity index (χ1) is 10.2. The maximum atomic E-state index is 12.3. The summed E-state index contributed by atoms with van der Waals surface area (Å²) in [5.74, 6) is 1.39. The van der Waals surface area contributed by atoms with Crippen LogP contribution in [0.4, 0.5) is 0 Å². The monoisotopic (exact) mass is 315 g/mol. The lowest BCUT2D eigenvalue weighted by atomic mass is 9.95. The van der Waals surface area contributed by atoms with Gasteiger partial charge in [0.2, 0.25) is 5.91 Å². The largest absolute Gasteiger partial charge is 0.381 e. The molecule has 3 unspecified atom stereocenters. The van der Waals surface area contributed by atoms with Crippen molar-refractivity contribution in [1.82, 2.24) is 4.90 Å². The van der Waals surface area contributed by atoms with Crippen molar-refractivity contribution in [3.05, 3.63) is 0 Å². The van der Waals surface area contributed by atoms with Gasteiger partial charge >= 0.3 is 0 Å². The SMILES string of the molecule is CCN(CC1CCCS1)C(=O)COC1CCCC(OC)C1. The van der Waals surface area contributed by atoms with Crippen LogP contribution < -0.4 is 0 Å². The van der Waals surface area contributed by atoms with Crippen LogP contribution >= 0.6 is 11.8 Å². The molecule has 1 aliphatic heterocycles. The highest BCUT2D eigenvalue weighted by Crippen LogP contribution is 2.27. The summed E-state index contributed by atoms with van der Waals surface area (Å²) in [5, 5.41) is 0.626. The van der Waals surface area contributed by atoms with Gasteiger partial charge in [-0.15, -0.1) is 0 Å². The number of carbonyl (C=O) groups excluding carboxylic acids is 1. The van der Waals surface area contributed by atoms with Gasteiger partial charge in [-0.05, 0) is 51.2 Å². The number of ether oxygens (including phenoxy) is 2. The highest BCUT2D eigenvalue weighted by molar-refractivity contribution is 8.00. The van der Waals surface area contributed by atoms with E-state index >= 15 is 0 Å². The number of likely N-dealkylation sites (N-methyl/N-ethyl adjacent to an activating group) is 1. The lowest BCUT2D eigenvalue weighted by molar-refractivity contribution is -0.139. The molecule has 21 heavy (non-hydrogen) atoms. The third kappa shape index (κ3) is 5.46. The number of nitrogens with zero attached hydrogens (tertiary/aromatic N) is 1. The molecule has 2 fully saturated rings. The van der Waals surface area contributed by atoms with Crippen molar-refractivity contribution in [2.75, 3.05) is 32.6 Å². The molecule has 1 aliphatic carbocycles. The first-order valence-corrected chi connectivity index (χ1v) is 9.31. The smallest absolute Gasteiger partial charge is 0.248 e. The van der Waals surface area contributed by atoms with E-state index in [1.807, 2.05) is 16.7 Å². The van der Waals surface area contributed by atoms with Crippen LogP contribution in [-0.4, -0.2) is 60.8 Å². The Balaban J connectivity index is 1.71. The Hall–Kier alpha value is -0.260. The summed E-state index contributed by atoms with van der Waals surface area (Å²) in [6.07, 6.45) is 7.25. The van der Waals surface area contributed by atoms with Crippen molar-refractivity contribution in [3.8, 4) is 0 Å². The van der Waals surface area contributed by atoms with Crippen LogP contribution in [0, 0.1) is 0 Å². The maximum Gasteiger partial charge on any atom is 0.248 e. The fourth-order valence-corrected chi connectivity index (χ4v) is 4.47. The Bertz CT molecular complexity index is 321. The standard InChI is InChI=1S/C16H29NO3S/c1-3-17(11-15-8-5-9-21-15)16(18)12-20-14-7-4-6-13(10-14)19-2/h13-15H,3-12H2,1-2H3. The lowest BCUT2D eigenvalue weighted by Crippen LogP contribution is -2.39. The molecular formula is C16H29NO3S. The number of hydrogen-bond donors (Lipinski definition) is 0. The van der Waals surface area contributed by atoms with Crippen molar-refractivity contribution in [2.24, 2.45) is 0 Å². The molecule has 2 aliphatic rings. The van der Waals surface area contributed by atoms with Gasteiger partial charge in [0, 0.05) is 25.4 Å². The van der Waals surface area contributed by atoms with E-state index < -0.39 is 0 Å². The molecular weight excluding hydrogens is 286 g/mol. The van der Waals surface area contributed by atoms with Crippen LogP contribution in [0.25, 0.3) is 0 Å². The van der Waals surface area contributed by atoms with Crippen LogP contribution in [0.2, 0.25) is 0 Å². The second-order valence-electron chi connectivity index (χ2n) is 6.02. The summed E-state index contributed by atoms with van der Waals surface area (Å²) >= 11 is 2.00. The molecule has 0 aromatic heterocycles. The first-order valence-electron chi connectivity index (χ1n) is 8.26. The molecule has 0 radical (unpaired) electrons. The summed E-state index contributed by atoms with van der Waals surface area (Å²) in [6, 6.07) is 0. The van der Waals surface area contributed by atoms with Crippen LogP contribution in [0.15, 0.2) is 0 Å². The Labute approximate surface area is 132 Å². The van der Waals surface area contributed by atoms with Crippen molar-refractivity contribution < 1.29 is 14.3 Å². The highest BCUT2D eigenvalue weighted by atomic mass is 32.2. The van der Waals surface area contributed by atoms with E-state index in [4.69, 9.17) is 9.47 Å². The molecule has 122 valence electrons. The predicted octanol–water partition coefficient (Wildman–Crippen LogP) is 2.70. The van der Waals surface area contributed by atoms with E-state index in [9.17, 15) is 4.79 Å². The number of rotatable bonds is 7. The second kappa shape index (κ2) is 9.01.